The van der Waals surface area contributed by atoms with Crippen molar-refractivity contribution in [3.05, 3.63) is 98.7 Å². The summed E-state index contributed by atoms with van der Waals surface area (Å²) in [4.78, 5) is 55.8. The normalized spacial score (nSPS) is 14.5. The number of amides is 2. The van der Waals surface area contributed by atoms with Gasteiger partial charge in [-0.1, -0.05) is 48.5 Å². The first-order valence-electron chi connectivity index (χ1n) is 13.6. The van der Waals surface area contributed by atoms with Crippen LogP contribution in [-0.4, -0.2) is 45.6 Å². The van der Waals surface area contributed by atoms with Gasteiger partial charge in [0.05, 0.1) is 12.8 Å². The predicted octanol–water partition coefficient (Wildman–Crippen LogP) is 2.44. The number of nitrogens with zero attached hydrogens (tertiary/aromatic N) is 3. The molecule has 3 N–H and O–H groups in total. The van der Waals surface area contributed by atoms with E-state index in [1.165, 1.54) is 25.8 Å². The van der Waals surface area contributed by atoms with Crippen LogP contribution in [0.15, 0.2) is 76.3 Å². The zero-order valence-electron chi connectivity index (χ0n) is 23.6. The van der Waals surface area contributed by atoms with E-state index in [0.29, 0.717) is 31.0 Å². The summed E-state index contributed by atoms with van der Waals surface area (Å²) in [5.41, 5.74) is 1.88. The number of anilines is 1. The molecule has 0 aliphatic carbocycles. The standard InChI is InChI=1S/C31H32N6O5/c1-36-27(21-11-7-10-20(16-21)19-8-5-4-6-9-19)26(30(40)37(2)31(36)41)28(39)34-24-14-12-22(29(35-24)42-3)17-32-18-23-13-15-25(38)33-23/h4-12,14,16,23,32H,13,15,17-18H2,1-3H3,(H,33,38)(H,34,35,39). The number of methoxy groups -OCH3 is 1. The minimum Gasteiger partial charge on any atom is -0.481 e. The summed E-state index contributed by atoms with van der Waals surface area (Å²) < 4.78 is 7.67. The van der Waals surface area contributed by atoms with Gasteiger partial charge in [-0.25, -0.2) is 4.79 Å². The quantitative estimate of drug-likeness (QED) is 0.282. The Balaban J connectivity index is 1.44. The third-order valence-electron chi connectivity index (χ3n) is 7.30. The molecule has 0 saturated carbocycles. The fraction of sp³-hybridized carbons (Fsp3) is 0.258. The summed E-state index contributed by atoms with van der Waals surface area (Å²) in [6.07, 6.45) is 1.32. The number of hydrogen-bond donors (Lipinski definition) is 3. The molecule has 1 saturated heterocycles. The molecule has 1 aliphatic rings. The fourth-order valence-electron chi connectivity index (χ4n) is 5.10. The number of rotatable bonds is 9. The number of carbonyl (C=O) groups is 2. The van der Waals surface area contributed by atoms with E-state index in [-0.39, 0.29) is 29.0 Å². The van der Waals surface area contributed by atoms with Gasteiger partial charge in [0.1, 0.15) is 11.4 Å². The SMILES string of the molecule is COc1nc(NC(=O)c2c(-c3cccc(-c4ccccc4)c3)n(C)c(=O)n(C)c2=O)ccc1CNCC1CCC(=O)N1. The van der Waals surface area contributed by atoms with E-state index in [2.05, 4.69) is 20.9 Å². The van der Waals surface area contributed by atoms with Crippen molar-refractivity contribution in [1.82, 2.24) is 24.8 Å². The number of nitrogens with one attached hydrogen (secondary N) is 3. The second kappa shape index (κ2) is 12.2. The molecule has 2 aromatic heterocycles. The molecular formula is C31H32N6O5. The van der Waals surface area contributed by atoms with Crippen molar-refractivity contribution < 1.29 is 14.3 Å². The summed E-state index contributed by atoms with van der Waals surface area (Å²) in [6, 6.07) is 20.5. The van der Waals surface area contributed by atoms with Crippen molar-refractivity contribution in [1.29, 1.82) is 0 Å². The minimum atomic E-state index is -0.720. The summed E-state index contributed by atoms with van der Waals surface area (Å²) in [7, 11) is 4.35. The molecular weight excluding hydrogens is 536 g/mol. The van der Waals surface area contributed by atoms with Crippen LogP contribution in [0.1, 0.15) is 28.8 Å². The van der Waals surface area contributed by atoms with E-state index < -0.39 is 17.2 Å². The van der Waals surface area contributed by atoms with Gasteiger partial charge >= 0.3 is 5.69 Å². The van der Waals surface area contributed by atoms with Crippen molar-refractivity contribution in [2.45, 2.75) is 25.4 Å². The smallest absolute Gasteiger partial charge is 0.330 e. The summed E-state index contributed by atoms with van der Waals surface area (Å²) in [5, 5.41) is 8.92. The molecule has 0 spiro atoms. The van der Waals surface area contributed by atoms with Gasteiger partial charge < -0.3 is 20.7 Å². The van der Waals surface area contributed by atoms with E-state index in [1.54, 1.807) is 18.2 Å². The zero-order chi connectivity index (χ0) is 29.8. The van der Waals surface area contributed by atoms with Crippen LogP contribution in [0.5, 0.6) is 5.88 Å². The molecule has 42 heavy (non-hydrogen) atoms. The molecule has 5 rings (SSSR count). The molecule has 0 radical (unpaired) electrons. The summed E-state index contributed by atoms with van der Waals surface area (Å²) >= 11 is 0. The van der Waals surface area contributed by atoms with E-state index in [1.807, 2.05) is 48.5 Å². The van der Waals surface area contributed by atoms with E-state index in [4.69, 9.17) is 4.74 Å². The molecule has 1 aliphatic heterocycles. The summed E-state index contributed by atoms with van der Waals surface area (Å²) in [6.45, 7) is 1.05. The monoisotopic (exact) mass is 568 g/mol. The molecule has 2 amide bonds. The number of ether oxygens (including phenoxy) is 1. The topological polar surface area (TPSA) is 136 Å². The van der Waals surface area contributed by atoms with Crippen molar-refractivity contribution in [2.24, 2.45) is 14.1 Å². The highest BCUT2D eigenvalue weighted by Gasteiger charge is 2.24. The van der Waals surface area contributed by atoms with Crippen LogP contribution in [0.2, 0.25) is 0 Å². The lowest BCUT2D eigenvalue weighted by Gasteiger charge is -2.17. The van der Waals surface area contributed by atoms with E-state index >= 15 is 0 Å². The Bertz CT molecular complexity index is 1760. The Morgan fingerprint density at radius 3 is 2.43 bits per heavy atom. The maximum atomic E-state index is 13.7. The first-order chi connectivity index (χ1) is 20.3. The lowest BCUT2D eigenvalue weighted by Crippen LogP contribution is -2.42. The fourth-order valence-corrected chi connectivity index (χ4v) is 5.10. The highest BCUT2D eigenvalue weighted by atomic mass is 16.5. The molecule has 1 atom stereocenters. The van der Waals surface area contributed by atoms with Gasteiger partial charge in [0.15, 0.2) is 0 Å². The molecule has 11 nitrogen and oxygen atoms in total. The highest BCUT2D eigenvalue weighted by Crippen LogP contribution is 2.27. The second-order valence-electron chi connectivity index (χ2n) is 10.1. The number of carbonyl (C=O) groups excluding carboxylic acids is 2. The third-order valence-corrected chi connectivity index (χ3v) is 7.30. The average molecular weight is 569 g/mol. The molecule has 2 aromatic carbocycles. The van der Waals surface area contributed by atoms with Gasteiger partial charge in [-0.3, -0.25) is 23.5 Å². The van der Waals surface area contributed by atoms with Crippen molar-refractivity contribution in [3.63, 3.8) is 0 Å². The van der Waals surface area contributed by atoms with Crippen LogP contribution < -0.4 is 31.9 Å². The zero-order valence-corrected chi connectivity index (χ0v) is 23.6. The van der Waals surface area contributed by atoms with Crippen molar-refractivity contribution in [2.75, 3.05) is 19.0 Å². The Morgan fingerprint density at radius 1 is 0.976 bits per heavy atom. The van der Waals surface area contributed by atoms with Gasteiger partial charge in [-0.05, 0) is 41.3 Å². The Labute approximate surface area is 242 Å². The Kier molecular flexibility index (Phi) is 8.30. The van der Waals surface area contributed by atoms with Crippen LogP contribution in [0.4, 0.5) is 5.82 Å². The Morgan fingerprint density at radius 2 is 1.71 bits per heavy atom. The first kappa shape index (κ1) is 28.5. The number of pyridine rings is 1. The first-order valence-corrected chi connectivity index (χ1v) is 13.6. The van der Waals surface area contributed by atoms with Gasteiger partial charge in [-0.15, -0.1) is 0 Å². The van der Waals surface area contributed by atoms with Gasteiger partial charge in [0.2, 0.25) is 11.8 Å². The lowest BCUT2D eigenvalue weighted by molar-refractivity contribution is -0.119. The van der Waals surface area contributed by atoms with Crippen LogP contribution in [0.3, 0.4) is 0 Å². The van der Waals surface area contributed by atoms with E-state index in [0.717, 1.165) is 27.7 Å². The lowest BCUT2D eigenvalue weighted by atomic mass is 9.99. The molecule has 1 fully saturated rings. The average Bonchev–Trinajstić information content (AvgIpc) is 3.43. The second-order valence-corrected chi connectivity index (χ2v) is 10.1. The number of aromatic nitrogens is 3. The maximum Gasteiger partial charge on any atom is 0.330 e. The molecule has 1 unspecified atom stereocenters. The molecule has 11 heteroatoms. The molecule has 4 aromatic rings. The molecule has 216 valence electrons. The molecule has 0 bridgehead atoms. The Hall–Kier alpha value is -5.03. The highest BCUT2D eigenvalue weighted by molar-refractivity contribution is 6.07. The number of hydrogen-bond acceptors (Lipinski definition) is 7. The maximum absolute atomic E-state index is 13.7. The van der Waals surface area contributed by atoms with Crippen molar-refractivity contribution >= 4 is 17.6 Å². The van der Waals surface area contributed by atoms with Gasteiger partial charge in [-0.2, -0.15) is 4.98 Å². The van der Waals surface area contributed by atoms with Gasteiger partial charge in [0, 0.05) is 45.2 Å². The molecule has 3 heterocycles. The van der Waals surface area contributed by atoms with E-state index in [9.17, 15) is 19.2 Å². The van der Waals surface area contributed by atoms with Crippen LogP contribution in [0, 0.1) is 0 Å². The van der Waals surface area contributed by atoms with Crippen LogP contribution in [0.25, 0.3) is 22.4 Å². The minimum absolute atomic E-state index is 0.0570. The number of benzene rings is 2. The largest absolute Gasteiger partial charge is 0.481 e. The predicted molar refractivity (Wildman–Crippen MR) is 159 cm³/mol. The van der Waals surface area contributed by atoms with Crippen molar-refractivity contribution in [3.8, 4) is 28.3 Å². The third kappa shape index (κ3) is 5.86. The van der Waals surface area contributed by atoms with Crippen LogP contribution in [-0.2, 0) is 25.4 Å². The van der Waals surface area contributed by atoms with Crippen LogP contribution >= 0.6 is 0 Å². The van der Waals surface area contributed by atoms with Gasteiger partial charge in [0.25, 0.3) is 11.5 Å². The summed E-state index contributed by atoms with van der Waals surface area (Å²) in [5.74, 6) is -0.159.